The molecule has 1 N–H and O–H groups in total. The largest absolute Gasteiger partial charge is 0.339 e. The monoisotopic (exact) mass is 493 g/mol. The van der Waals surface area contributed by atoms with Crippen molar-refractivity contribution in [1.29, 1.82) is 0 Å². The molecule has 1 aliphatic rings. The summed E-state index contributed by atoms with van der Waals surface area (Å²) >= 11 is 1.34. The van der Waals surface area contributed by atoms with E-state index in [1.54, 1.807) is 4.68 Å². The van der Waals surface area contributed by atoms with Crippen LogP contribution in [0, 0.1) is 13.8 Å². The lowest BCUT2D eigenvalue weighted by Gasteiger charge is -2.34. The smallest absolute Gasteiger partial charge is 0.238 e. The molecule has 2 heterocycles. The molecule has 0 atom stereocenters. The number of nitrogens with one attached hydrogen (secondary N) is 1. The number of carbonyl (C=O) groups is 2. The van der Waals surface area contributed by atoms with Crippen molar-refractivity contribution in [2.75, 3.05) is 43.8 Å². The number of tetrazole rings is 1. The second kappa shape index (κ2) is 11.5. The first-order valence-corrected chi connectivity index (χ1v) is 12.8. The number of para-hydroxylation sites is 1. The number of anilines is 1. The Kier molecular flexibility index (Phi) is 8.14. The average molecular weight is 494 g/mol. The molecule has 9 nitrogen and oxygen atoms in total. The Morgan fingerprint density at radius 1 is 1.06 bits per heavy atom. The van der Waals surface area contributed by atoms with Crippen LogP contribution in [0.2, 0.25) is 0 Å². The Bertz CT molecular complexity index is 1190. The van der Waals surface area contributed by atoms with Crippen LogP contribution in [0.5, 0.6) is 0 Å². The third kappa shape index (κ3) is 6.26. The normalized spacial score (nSPS) is 14.2. The third-order valence-corrected chi connectivity index (χ3v) is 7.01. The molecule has 1 aromatic heterocycles. The quantitative estimate of drug-likeness (QED) is 0.482. The maximum atomic E-state index is 12.8. The highest BCUT2D eigenvalue weighted by atomic mass is 32.2. The lowest BCUT2D eigenvalue weighted by Crippen LogP contribution is -2.50. The minimum absolute atomic E-state index is 0.0283. The molecule has 0 radical (unpaired) electrons. The highest BCUT2D eigenvalue weighted by Crippen LogP contribution is 2.22. The first-order chi connectivity index (χ1) is 16.9. The summed E-state index contributed by atoms with van der Waals surface area (Å²) in [4.78, 5) is 29.3. The fraction of sp³-hybridized carbons (Fsp3) is 0.400. The molecule has 184 valence electrons. The number of nitrogens with zero attached hydrogens (tertiary/aromatic N) is 6. The van der Waals surface area contributed by atoms with E-state index in [9.17, 15) is 9.59 Å². The fourth-order valence-electron chi connectivity index (χ4n) is 4.18. The Balaban J connectivity index is 1.25. The zero-order valence-electron chi connectivity index (χ0n) is 20.4. The van der Waals surface area contributed by atoms with E-state index in [1.807, 2.05) is 55.1 Å². The van der Waals surface area contributed by atoms with Crippen molar-refractivity contribution in [3.8, 4) is 5.69 Å². The van der Waals surface area contributed by atoms with Crippen molar-refractivity contribution in [2.24, 2.45) is 0 Å². The fourth-order valence-corrected chi connectivity index (χ4v) is 4.97. The van der Waals surface area contributed by atoms with E-state index in [1.165, 1.54) is 17.3 Å². The zero-order chi connectivity index (χ0) is 24.8. The van der Waals surface area contributed by atoms with Gasteiger partial charge in [-0.05, 0) is 54.0 Å². The SMILES string of the molecule is CCc1ccccc1NC(=O)CN1CCN(C(=O)CSc2nnnn2-c2ccc(C)cc2C)CC1. The molecule has 0 bridgehead atoms. The topological polar surface area (TPSA) is 96.2 Å². The van der Waals surface area contributed by atoms with Gasteiger partial charge in [0.25, 0.3) is 0 Å². The van der Waals surface area contributed by atoms with Crippen LogP contribution in [0.3, 0.4) is 0 Å². The highest BCUT2D eigenvalue weighted by Gasteiger charge is 2.23. The van der Waals surface area contributed by atoms with Gasteiger partial charge in [0.1, 0.15) is 0 Å². The van der Waals surface area contributed by atoms with E-state index in [4.69, 9.17) is 0 Å². The number of carbonyl (C=O) groups excluding carboxylic acids is 2. The number of hydrogen-bond donors (Lipinski definition) is 1. The van der Waals surface area contributed by atoms with Crippen LogP contribution in [-0.2, 0) is 16.0 Å². The molecule has 2 amide bonds. The molecule has 0 spiro atoms. The second-order valence-corrected chi connectivity index (χ2v) is 9.61. The van der Waals surface area contributed by atoms with Crippen LogP contribution in [0.25, 0.3) is 5.69 Å². The van der Waals surface area contributed by atoms with Crippen LogP contribution in [0.1, 0.15) is 23.6 Å². The van der Waals surface area contributed by atoms with E-state index in [0.717, 1.165) is 28.9 Å². The predicted octanol–water partition coefficient (Wildman–Crippen LogP) is 2.72. The van der Waals surface area contributed by atoms with Crippen LogP contribution in [0.4, 0.5) is 5.69 Å². The molecule has 0 aliphatic carbocycles. The number of aryl methyl sites for hydroxylation is 3. The molecule has 1 aliphatic heterocycles. The van der Waals surface area contributed by atoms with Crippen molar-refractivity contribution < 1.29 is 9.59 Å². The van der Waals surface area contributed by atoms with Gasteiger partial charge in [-0.1, -0.05) is 54.6 Å². The number of rotatable bonds is 8. The van der Waals surface area contributed by atoms with E-state index in [2.05, 4.69) is 38.7 Å². The van der Waals surface area contributed by atoms with Gasteiger partial charge in [-0.2, -0.15) is 4.68 Å². The van der Waals surface area contributed by atoms with Gasteiger partial charge in [-0.3, -0.25) is 14.5 Å². The number of amides is 2. The van der Waals surface area contributed by atoms with E-state index >= 15 is 0 Å². The van der Waals surface area contributed by atoms with Crippen LogP contribution in [0.15, 0.2) is 47.6 Å². The second-order valence-electron chi connectivity index (χ2n) is 8.67. The standard InChI is InChI=1S/C25H31N7O2S/c1-4-20-7-5-6-8-21(20)26-23(33)16-30-11-13-31(14-12-30)24(34)17-35-25-27-28-29-32(25)22-10-9-18(2)15-19(22)3/h5-10,15H,4,11-14,16-17H2,1-3H3,(H,26,33). The van der Waals surface area contributed by atoms with Crippen molar-refractivity contribution in [3.05, 3.63) is 59.2 Å². The summed E-state index contributed by atoms with van der Waals surface area (Å²) in [6, 6.07) is 14.0. The summed E-state index contributed by atoms with van der Waals surface area (Å²) in [5.41, 5.74) is 5.14. The molecule has 0 saturated carbocycles. The molecular weight excluding hydrogens is 462 g/mol. The van der Waals surface area contributed by atoms with E-state index in [0.29, 0.717) is 37.9 Å². The van der Waals surface area contributed by atoms with Gasteiger partial charge in [0.15, 0.2) is 0 Å². The number of benzene rings is 2. The van der Waals surface area contributed by atoms with Gasteiger partial charge in [0.2, 0.25) is 17.0 Å². The molecule has 1 fully saturated rings. The van der Waals surface area contributed by atoms with E-state index in [-0.39, 0.29) is 17.6 Å². The van der Waals surface area contributed by atoms with E-state index < -0.39 is 0 Å². The lowest BCUT2D eigenvalue weighted by molar-refractivity contribution is -0.130. The molecule has 0 unspecified atom stereocenters. The first-order valence-electron chi connectivity index (χ1n) is 11.8. The van der Waals surface area contributed by atoms with Crippen LogP contribution >= 0.6 is 11.8 Å². The summed E-state index contributed by atoms with van der Waals surface area (Å²) in [6.07, 6.45) is 0.867. The molecule has 3 aromatic rings. The highest BCUT2D eigenvalue weighted by molar-refractivity contribution is 7.99. The molecular formula is C25H31N7O2S. The molecule has 1 saturated heterocycles. The summed E-state index contributed by atoms with van der Waals surface area (Å²) in [7, 11) is 0. The lowest BCUT2D eigenvalue weighted by atomic mass is 10.1. The van der Waals surface area contributed by atoms with Crippen molar-refractivity contribution in [3.63, 3.8) is 0 Å². The maximum Gasteiger partial charge on any atom is 0.238 e. The van der Waals surface area contributed by atoms with Crippen LogP contribution < -0.4 is 5.32 Å². The Labute approximate surface area is 209 Å². The van der Waals surface area contributed by atoms with Crippen molar-refractivity contribution in [1.82, 2.24) is 30.0 Å². The Morgan fingerprint density at radius 2 is 1.83 bits per heavy atom. The Hall–Kier alpha value is -3.24. The molecule has 35 heavy (non-hydrogen) atoms. The number of thioether (sulfide) groups is 1. The predicted molar refractivity (Wildman–Crippen MR) is 137 cm³/mol. The van der Waals surface area contributed by atoms with Gasteiger partial charge in [-0.25, -0.2) is 0 Å². The van der Waals surface area contributed by atoms with Crippen molar-refractivity contribution >= 4 is 29.3 Å². The average Bonchev–Trinajstić information content (AvgIpc) is 3.31. The molecule has 10 heteroatoms. The van der Waals surface area contributed by atoms with Gasteiger partial charge in [0, 0.05) is 31.9 Å². The minimum atomic E-state index is -0.0283. The number of hydrogen-bond acceptors (Lipinski definition) is 7. The van der Waals surface area contributed by atoms with Gasteiger partial charge in [-0.15, -0.1) is 5.10 Å². The van der Waals surface area contributed by atoms with Crippen molar-refractivity contribution in [2.45, 2.75) is 32.3 Å². The first kappa shape index (κ1) is 24.9. The zero-order valence-corrected chi connectivity index (χ0v) is 21.2. The summed E-state index contributed by atoms with van der Waals surface area (Å²) in [6.45, 7) is 8.98. The maximum absolute atomic E-state index is 12.8. The van der Waals surface area contributed by atoms with Gasteiger partial charge in [0.05, 0.1) is 18.0 Å². The number of aromatic nitrogens is 4. The third-order valence-electron chi connectivity index (χ3n) is 6.11. The summed E-state index contributed by atoms with van der Waals surface area (Å²) < 4.78 is 1.68. The Morgan fingerprint density at radius 3 is 2.57 bits per heavy atom. The summed E-state index contributed by atoms with van der Waals surface area (Å²) in [5.74, 6) is 0.283. The van der Waals surface area contributed by atoms with Gasteiger partial charge >= 0.3 is 0 Å². The van der Waals surface area contributed by atoms with Gasteiger partial charge < -0.3 is 10.2 Å². The molecule has 2 aromatic carbocycles. The molecule has 4 rings (SSSR count). The number of piperazine rings is 1. The van der Waals surface area contributed by atoms with Crippen LogP contribution in [-0.4, -0.2) is 80.3 Å². The minimum Gasteiger partial charge on any atom is -0.339 e. The summed E-state index contributed by atoms with van der Waals surface area (Å²) in [5, 5.41) is 15.6.